The molecule has 1 saturated heterocycles. The number of hydrogen-bond acceptors (Lipinski definition) is 4. The number of piperidine rings is 1. The average molecular weight is 396 g/mol. The fourth-order valence-electron chi connectivity index (χ4n) is 3.49. The van der Waals surface area contributed by atoms with Gasteiger partial charge in [-0.3, -0.25) is 4.79 Å². The maximum atomic E-state index is 12.9. The Morgan fingerprint density at radius 2 is 1.74 bits per heavy atom. The van der Waals surface area contributed by atoms with Gasteiger partial charge in [0.1, 0.15) is 0 Å². The summed E-state index contributed by atoms with van der Waals surface area (Å²) < 4.78 is 27.4. The first-order chi connectivity index (χ1) is 12.5. The molecule has 1 heterocycles. The Balaban J connectivity index is 2.18. The van der Waals surface area contributed by atoms with Gasteiger partial charge in [0, 0.05) is 25.2 Å². The summed E-state index contributed by atoms with van der Waals surface area (Å²) >= 11 is 0. The van der Waals surface area contributed by atoms with Crippen LogP contribution in [0.25, 0.3) is 0 Å². The summed E-state index contributed by atoms with van der Waals surface area (Å²) in [6.07, 6.45) is 1.04. The number of nitrogens with two attached hydrogens (primary N) is 1. The predicted octanol–water partition coefficient (Wildman–Crippen LogP) is 2.46. The van der Waals surface area contributed by atoms with Gasteiger partial charge in [-0.1, -0.05) is 27.7 Å². The number of carbonyl (C=O) groups is 1. The molecular weight excluding hydrogens is 362 g/mol. The summed E-state index contributed by atoms with van der Waals surface area (Å²) in [6.45, 7) is 11.5. The number of carbonyl (C=O) groups excluding carboxylic acids is 1. The van der Waals surface area contributed by atoms with E-state index < -0.39 is 15.6 Å². The van der Waals surface area contributed by atoms with Gasteiger partial charge >= 0.3 is 0 Å². The van der Waals surface area contributed by atoms with Crippen LogP contribution in [0.1, 0.15) is 51.4 Å². The Bertz CT molecular complexity index is 751. The lowest BCUT2D eigenvalue weighted by atomic mass is 9.88. The Morgan fingerprint density at radius 3 is 2.19 bits per heavy atom. The first-order valence-corrected chi connectivity index (χ1v) is 11.1. The van der Waals surface area contributed by atoms with E-state index in [1.165, 1.54) is 12.1 Å². The van der Waals surface area contributed by atoms with Crippen molar-refractivity contribution in [3.05, 3.63) is 29.8 Å². The molecule has 0 spiro atoms. The van der Waals surface area contributed by atoms with E-state index in [9.17, 15) is 13.2 Å². The third-order valence-corrected chi connectivity index (χ3v) is 7.53. The van der Waals surface area contributed by atoms with Gasteiger partial charge in [0.05, 0.1) is 10.4 Å². The Kier molecular flexibility index (Phi) is 6.71. The molecule has 0 aliphatic carbocycles. The Hall–Kier alpha value is -1.44. The van der Waals surface area contributed by atoms with Gasteiger partial charge in [-0.05, 0) is 55.4 Å². The highest BCUT2D eigenvalue weighted by molar-refractivity contribution is 7.89. The lowest BCUT2D eigenvalue weighted by molar-refractivity contribution is 0.0883. The molecular formula is C20H33N3O3S. The van der Waals surface area contributed by atoms with Crippen LogP contribution < -0.4 is 11.1 Å². The van der Waals surface area contributed by atoms with Gasteiger partial charge in [0.25, 0.3) is 5.91 Å². The van der Waals surface area contributed by atoms with Crippen LogP contribution in [0.4, 0.5) is 0 Å². The van der Waals surface area contributed by atoms with E-state index >= 15 is 0 Å². The Morgan fingerprint density at radius 1 is 1.22 bits per heavy atom. The standard InChI is InChI=1S/C20H33N3O3S/c1-14(2)20(5,13-21)22-19(24)17-6-8-18(9-7-17)27(25,26)23-11-15(3)10-16(4)12-23/h6-9,14-16H,10-13,21H2,1-5H3,(H,22,24). The monoisotopic (exact) mass is 395 g/mol. The van der Waals surface area contributed by atoms with Crippen LogP contribution in [-0.2, 0) is 10.0 Å². The van der Waals surface area contributed by atoms with Gasteiger partial charge in [-0.2, -0.15) is 4.31 Å². The average Bonchev–Trinajstić information content (AvgIpc) is 2.60. The molecule has 3 unspecified atom stereocenters. The minimum absolute atomic E-state index is 0.175. The Labute approximate surface area is 163 Å². The first-order valence-electron chi connectivity index (χ1n) is 9.62. The summed E-state index contributed by atoms with van der Waals surface area (Å²) in [7, 11) is -3.54. The van der Waals surface area contributed by atoms with Crippen LogP contribution in [0.5, 0.6) is 0 Å². The van der Waals surface area contributed by atoms with Crippen LogP contribution in [0.15, 0.2) is 29.2 Å². The van der Waals surface area contributed by atoms with Crippen molar-refractivity contribution in [3.8, 4) is 0 Å². The summed E-state index contributed by atoms with van der Waals surface area (Å²) in [5.41, 5.74) is 5.73. The highest BCUT2D eigenvalue weighted by atomic mass is 32.2. The van der Waals surface area contributed by atoms with Crippen LogP contribution in [0, 0.1) is 17.8 Å². The molecule has 1 aliphatic heterocycles. The van der Waals surface area contributed by atoms with E-state index in [0.717, 1.165) is 6.42 Å². The van der Waals surface area contributed by atoms with Crippen LogP contribution in [0.3, 0.4) is 0 Å². The highest BCUT2D eigenvalue weighted by Gasteiger charge is 2.32. The third kappa shape index (κ3) is 4.89. The quantitative estimate of drug-likeness (QED) is 0.774. The zero-order valence-electron chi connectivity index (χ0n) is 17.0. The molecule has 0 radical (unpaired) electrons. The van der Waals surface area contributed by atoms with Crippen LogP contribution in [0.2, 0.25) is 0 Å². The molecule has 1 fully saturated rings. The number of hydrogen-bond donors (Lipinski definition) is 2. The summed E-state index contributed by atoms with van der Waals surface area (Å²) in [5.74, 6) is 0.618. The molecule has 2 rings (SSSR count). The van der Waals surface area contributed by atoms with Crippen molar-refractivity contribution in [1.82, 2.24) is 9.62 Å². The van der Waals surface area contributed by atoms with Gasteiger partial charge in [-0.15, -0.1) is 0 Å². The van der Waals surface area contributed by atoms with E-state index in [1.54, 1.807) is 16.4 Å². The molecule has 1 aromatic rings. The van der Waals surface area contributed by atoms with Crippen molar-refractivity contribution in [2.45, 2.75) is 51.5 Å². The zero-order valence-corrected chi connectivity index (χ0v) is 17.8. The van der Waals surface area contributed by atoms with Gasteiger partial charge in [-0.25, -0.2) is 8.42 Å². The molecule has 1 amide bonds. The number of nitrogens with one attached hydrogen (secondary N) is 1. The second-order valence-corrected chi connectivity index (χ2v) is 10.5. The van der Waals surface area contributed by atoms with Crippen molar-refractivity contribution >= 4 is 15.9 Å². The largest absolute Gasteiger partial charge is 0.345 e. The first kappa shape index (κ1) is 21.9. The number of sulfonamides is 1. The van der Waals surface area contributed by atoms with Crippen LogP contribution >= 0.6 is 0 Å². The van der Waals surface area contributed by atoms with Crippen molar-refractivity contribution in [2.75, 3.05) is 19.6 Å². The maximum absolute atomic E-state index is 12.9. The van der Waals surface area contributed by atoms with Gasteiger partial charge < -0.3 is 11.1 Å². The number of rotatable bonds is 6. The topological polar surface area (TPSA) is 92.5 Å². The second kappa shape index (κ2) is 8.29. The van der Waals surface area contributed by atoms with Crippen molar-refractivity contribution in [1.29, 1.82) is 0 Å². The zero-order chi connectivity index (χ0) is 20.4. The number of nitrogens with zero attached hydrogens (tertiary/aromatic N) is 1. The van der Waals surface area contributed by atoms with Crippen molar-refractivity contribution < 1.29 is 13.2 Å². The summed E-state index contributed by atoms with van der Waals surface area (Å²) in [5, 5.41) is 2.97. The SMILES string of the molecule is CC1CC(C)CN(S(=O)(=O)c2ccc(C(=O)NC(C)(CN)C(C)C)cc2)C1. The third-order valence-electron chi connectivity index (χ3n) is 5.69. The normalized spacial score (nSPS) is 23.8. The number of benzene rings is 1. The van der Waals surface area contributed by atoms with Crippen molar-refractivity contribution in [2.24, 2.45) is 23.5 Å². The van der Waals surface area contributed by atoms with E-state index in [-0.39, 0.29) is 16.7 Å². The summed E-state index contributed by atoms with van der Waals surface area (Å²) in [4.78, 5) is 12.8. The minimum Gasteiger partial charge on any atom is -0.345 e. The fourth-order valence-corrected chi connectivity index (χ4v) is 5.17. The fraction of sp³-hybridized carbons (Fsp3) is 0.650. The molecule has 1 aromatic carbocycles. The van der Waals surface area contributed by atoms with E-state index in [4.69, 9.17) is 5.73 Å². The lowest BCUT2D eigenvalue weighted by Crippen LogP contribution is -2.55. The van der Waals surface area contributed by atoms with E-state index in [1.807, 2.05) is 20.8 Å². The van der Waals surface area contributed by atoms with Crippen molar-refractivity contribution in [3.63, 3.8) is 0 Å². The molecule has 0 aromatic heterocycles. The molecule has 27 heavy (non-hydrogen) atoms. The number of amides is 1. The highest BCUT2D eigenvalue weighted by Crippen LogP contribution is 2.27. The lowest BCUT2D eigenvalue weighted by Gasteiger charge is -2.34. The smallest absolute Gasteiger partial charge is 0.251 e. The summed E-state index contributed by atoms with van der Waals surface area (Å²) in [6, 6.07) is 6.17. The predicted molar refractivity (Wildman–Crippen MR) is 108 cm³/mol. The van der Waals surface area contributed by atoms with Gasteiger partial charge in [0.15, 0.2) is 0 Å². The molecule has 3 atom stereocenters. The molecule has 0 bridgehead atoms. The molecule has 152 valence electrons. The molecule has 3 N–H and O–H groups in total. The molecule has 6 nitrogen and oxygen atoms in total. The molecule has 0 saturated carbocycles. The van der Waals surface area contributed by atoms with Crippen LogP contribution in [-0.4, -0.2) is 43.8 Å². The molecule has 1 aliphatic rings. The molecule has 7 heteroatoms. The van der Waals surface area contributed by atoms with E-state index in [2.05, 4.69) is 19.2 Å². The second-order valence-electron chi connectivity index (χ2n) is 8.52. The van der Waals surface area contributed by atoms with Gasteiger partial charge in [0.2, 0.25) is 10.0 Å². The maximum Gasteiger partial charge on any atom is 0.251 e. The minimum atomic E-state index is -3.54. The van der Waals surface area contributed by atoms with E-state index in [0.29, 0.717) is 37.0 Å².